The predicted octanol–water partition coefficient (Wildman–Crippen LogP) is 1.58. The molecular formula is C9H9NO2. The highest BCUT2D eigenvalue weighted by molar-refractivity contribution is 5.55. The molecule has 3 nitrogen and oxygen atoms in total. The molecule has 0 atom stereocenters. The lowest BCUT2D eigenvalue weighted by Crippen LogP contribution is -1.88. The zero-order valence-corrected chi connectivity index (χ0v) is 6.96. The Hall–Kier alpha value is -1.69. The normalized spacial score (nSPS) is 9.08. The first-order chi connectivity index (χ1) is 5.70. The number of aromatic hydroxyl groups is 1. The van der Waals surface area contributed by atoms with Gasteiger partial charge in [0.2, 0.25) is 0 Å². The van der Waals surface area contributed by atoms with Crippen molar-refractivity contribution in [2.75, 3.05) is 7.11 Å². The number of benzene rings is 1. The third-order valence-corrected chi connectivity index (χ3v) is 1.68. The van der Waals surface area contributed by atoms with Gasteiger partial charge in [0.05, 0.1) is 7.11 Å². The fraction of sp³-hybridized carbons (Fsp3) is 0.222. The van der Waals surface area contributed by atoms with Crippen molar-refractivity contribution < 1.29 is 9.84 Å². The standard InChI is InChI=1S/C9H9NO2/c1-6-3-4-8(12-2)9(11)7(6)5-10/h3-4,11H,1-2H3. The van der Waals surface area contributed by atoms with E-state index in [1.807, 2.05) is 6.07 Å². The van der Waals surface area contributed by atoms with Gasteiger partial charge in [-0.05, 0) is 18.6 Å². The molecule has 0 fully saturated rings. The highest BCUT2D eigenvalue weighted by Crippen LogP contribution is 2.30. The van der Waals surface area contributed by atoms with Crippen LogP contribution in [0.25, 0.3) is 0 Å². The molecule has 0 spiro atoms. The number of aryl methyl sites for hydroxylation is 1. The number of methoxy groups -OCH3 is 1. The lowest BCUT2D eigenvalue weighted by atomic mass is 10.1. The molecule has 0 aromatic heterocycles. The van der Waals surface area contributed by atoms with Gasteiger partial charge in [0, 0.05) is 0 Å². The van der Waals surface area contributed by atoms with E-state index < -0.39 is 0 Å². The minimum Gasteiger partial charge on any atom is -0.503 e. The van der Waals surface area contributed by atoms with Crippen molar-refractivity contribution in [3.63, 3.8) is 0 Å². The summed E-state index contributed by atoms with van der Waals surface area (Å²) < 4.78 is 4.84. The maximum Gasteiger partial charge on any atom is 0.176 e. The first-order valence-corrected chi connectivity index (χ1v) is 3.47. The van der Waals surface area contributed by atoms with Gasteiger partial charge in [-0.1, -0.05) is 6.07 Å². The van der Waals surface area contributed by atoms with Crippen LogP contribution in [0.1, 0.15) is 11.1 Å². The molecule has 0 saturated heterocycles. The van der Waals surface area contributed by atoms with Gasteiger partial charge in [0.15, 0.2) is 11.5 Å². The summed E-state index contributed by atoms with van der Waals surface area (Å²) in [7, 11) is 1.45. The predicted molar refractivity (Wildman–Crippen MR) is 44.1 cm³/mol. The molecule has 0 aliphatic heterocycles. The summed E-state index contributed by atoms with van der Waals surface area (Å²) in [5.74, 6) is 0.247. The molecule has 0 aliphatic carbocycles. The highest BCUT2D eigenvalue weighted by atomic mass is 16.5. The zero-order chi connectivity index (χ0) is 9.14. The number of phenols is 1. The molecule has 0 heterocycles. The van der Waals surface area contributed by atoms with Gasteiger partial charge in [-0.25, -0.2) is 0 Å². The number of ether oxygens (including phenoxy) is 1. The van der Waals surface area contributed by atoms with Crippen molar-refractivity contribution in [3.05, 3.63) is 23.3 Å². The number of phenolic OH excluding ortho intramolecular Hbond substituents is 1. The molecule has 1 aromatic rings. The number of nitrogens with zero attached hydrogens (tertiary/aromatic N) is 1. The van der Waals surface area contributed by atoms with Crippen LogP contribution < -0.4 is 4.74 Å². The van der Waals surface area contributed by atoms with Crippen LogP contribution in [0.2, 0.25) is 0 Å². The van der Waals surface area contributed by atoms with Gasteiger partial charge in [0.1, 0.15) is 11.6 Å². The van der Waals surface area contributed by atoms with Crippen LogP contribution in [0.15, 0.2) is 12.1 Å². The van der Waals surface area contributed by atoms with E-state index >= 15 is 0 Å². The maximum atomic E-state index is 9.42. The molecule has 1 aromatic carbocycles. The molecule has 0 saturated carbocycles. The Morgan fingerprint density at radius 3 is 2.67 bits per heavy atom. The highest BCUT2D eigenvalue weighted by Gasteiger charge is 2.09. The second-order valence-electron chi connectivity index (χ2n) is 2.42. The Balaban J connectivity index is 3.36. The first kappa shape index (κ1) is 8.41. The average molecular weight is 163 g/mol. The molecule has 0 aliphatic rings. The molecule has 0 unspecified atom stereocenters. The fourth-order valence-corrected chi connectivity index (χ4v) is 0.979. The second-order valence-corrected chi connectivity index (χ2v) is 2.42. The number of hydrogen-bond acceptors (Lipinski definition) is 3. The molecule has 0 bridgehead atoms. The third kappa shape index (κ3) is 1.19. The SMILES string of the molecule is COc1ccc(C)c(C#N)c1O. The molecular weight excluding hydrogens is 154 g/mol. The summed E-state index contributed by atoms with van der Waals surface area (Å²) in [6.07, 6.45) is 0. The average Bonchev–Trinajstić information content (AvgIpc) is 2.06. The van der Waals surface area contributed by atoms with E-state index in [1.165, 1.54) is 7.11 Å². The smallest absolute Gasteiger partial charge is 0.176 e. The van der Waals surface area contributed by atoms with E-state index in [2.05, 4.69) is 0 Å². The van der Waals surface area contributed by atoms with Crippen LogP contribution in [-0.2, 0) is 0 Å². The van der Waals surface area contributed by atoms with E-state index in [0.717, 1.165) is 5.56 Å². The minimum atomic E-state index is -0.0833. The lowest BCUT2D eigenvalue weighted by Gasteiger charge is -2.05. The van der Waals surface area contributed by atoms with E-state index in [9.17, 15) is 5.11 Å². The molecule has 1 rings (SSSR count). The third-order valence-electron chi connectivity index (χ3n) is 1.68. The van der Waals surface area contributed by atoms with Crippen LogP contribution in [0.3, 0.4) is 0 Å². The van der Waals surface area contributed by atoms with E-state index in [1.54, 1.807) is 19.1 Å². The largest absolute Gasteiger partial charge is 0.503 e. The Bertz CT molecular complexity index is 339. The van der Waals surface area contributed by atoms with Crippen molar-refractivity contribution in [1.29, 1.82) is 5.26 Å². The lowest BCUT2D eigenvalue weighted by molar-refractivity contribution is 0.372. The molecule has 0 radical (unpaired) electrons. The van der Waals surface area contributed by atoms with Crippen LogP contribution in [0.4, 0.5) is 0 Å². The Morgan fingerprint density at radius 2 is 2.17 bits per heavy atom. The summed E-state index contributed by atoms with van der Waals surface area (Å²) in [5.41, 5.74) is 1.02. The summed E-state index contributed by atoms with van der Waals surface area (Å²) in [5, 5.41) is 18.1. The quantitative estimate of drug-likeness (QED) is 0.683. The molecule has 0 amide bonds. The van der Waals surface area contributed by atoms with Gasteiger partial charge in [0.25, 0.3) is 0 Å². The van der Waals surface area contributed by atoms with Crippen LogP contribution in [0.5, 0.6) is 11.5 Å². The molecule has 62 valence electrons. The van der Waals surface area contributed by atoms with Crippen molar-refractivity contribution in [2.24, 2.45) is 0 Å². The van der Waals surface area contributed by atoms with E-state index in [4.69, 9.17) is 10.00 Å². The zero-order valence-electron chi connectivity index (χ0n) is 6.96. The summed E-state index contributed by atoms with van der Waals surface area (Å²) in [6, 6.07) is 5.27. The van der Waals surface area contributed by atoms with Gasteiger partial charge >= 0.3 is 0 Å². The van der Waals surface area contributed by atoms with Crippen LogP contribution in [0, 0.1) is 18.3 Å². The Labute approximate surface area is 70.8 Å². The topological polar surface area (TPSA) is 53.2 Å². The Kier molecular flexibility index (Phi) is 2.20. The molecule has 12 heavy (non-hydrogen) atoms. The van der Waals surface area contributed by atoms with Crippen molar-refractivity contribution in [1.82, 2.24) is 0 Å². The van der Waals surface area contributed by atoms with Crippen LogP contribution >= 0.6 is 0 Å². The van der Waals surface area contributed by atoms with Crippen molar-refractivity contribution >= 4 is 0 Å². The summed E-state index contributed by atoms with van der Waals surface area (Å²) in [6.45, 7) is 1.76. The van der Waals surface area contributed by atoms with Crippen LogP contribution in [-0.4, -0.2) is 12.2 Å². The first-order valence-electron chi connectivity index (χ1n) is 3.47. The summed E-state index contributed by atoms with van der Waals surface area (Å²) in [4.78, 5) is 0. The minimum absolute atomic E-state index is 0.0833. The number of nitriles is 1. The fourth-order valence-electron chi connectivity index (χ4n) is 0.979. The van der Waals surface area contributed by atoms with Gasteiger partial charge in [-0.2, -0.15) is 5.26 Å². The van der Waals surface area contributed by atoms with E-state index in [0.29, 0.717) is 5.75 Å². The number of rotatable bonds is 1. The van der Waals surface area contributed by atoms with E-state index in [-0.39, 0.29) is 11.3 Å². The van der Waals surface area contributed by atoms with Gasteiger partial charge in [-0.3, -0.25) is 0 Å². The number of hydrogen-bond donors (Lipinski definition) is 1. The van der Waals surface area contributed by atoms with Gasteiger partial charge in [-0.15, -0.1) is 0 Å². The Morgan fingerprint density at radius 1 is 1.50 bits per heavy atom. The molecule has 1 N–H and O–H groups in total. The maximum absolute atomic E-state index is 9.42. The van der Waals surface area contributed by atoms with Crippen molar-refractivity contribution in [2.45, 2.75) is 6.92 Å². The van der Waals surface area contributed by atoms with Gasteiger partial charge < -0.3 is 9.84 Å². The second kappa shape index (κ2) is 3.14. The molecule has 3 heteroatoms. The monoisotopic (exact) mass is 163 g/mol. The van der Waals surface area contributed by atoms with Crippen molar-refractivity contribution in [3.8, 4) is 17.6 Å². The summed E-state index contributed by atoms with van der Waals surface area (Å²) >= 11 is 0.